The highest BCUT2D eigenvalue weighted by Crippen LogP contribution is 2.31. The van der Waals surface area contributed by atoms with Crippen molar-refractivity contribution in [3.8, 4) is 16.9 Å². The molecule has 0 bridgehead atoms. The first-order chi connectivity index (χ1) is 7.18. The lowest BCUT2D eigenvalue weighted by Gasteiger charge is -2.08. The zero-order valence-corrected chi connectivity index (χ0v) is 8.99. The van der Waals surface area contributed by atoms with Crippen LogP contribution in [0.2, 0.25) is 0 Å². The van der Waals surface area contributed by atoms with Gasteiger partial charge in [0.25, 0.3) is 0 Å². The van der Waals surface area contributed by atoms with Gasteiger partial charge in [-0.25, -0.2) is 0 Å². The number of aromatic hydroxyl groups is 1. The minimum Gasteiger partial charge on any atom is -0.507 e. The Morgan fingerprint density at radius 1 is 0.867 bits per heavy atom. The lowest BCUT2D eigenvalue weighted by molar-refractivity contribution is 0.477. The van der Waals surface area contributed by atoms with Crippen LogP contribution >= 0.6 is 0 Å². The average molecular weight is 198 g/mol. The number of hydrogen-bond donors (Lipinski definition) is 1. The van der Waals surface area contributed by atoms with E-state index in [1.54, 1.807) is 6.07 Å². The molecule has 2 aromatic rings. The molecule has 0 saturated heterocycles. The van der Waals surface area contributed by atoms with Crippen LogP contribution in [-0.4, -0.2) is 5.11 Å². The molecule has 0 aliphatic carbocycles. The summed E-state index contributed by atoms with van der Waals surface area (Å²) in [5.41, 5.74) is 4.43. The number of benzene rings is 2. The van der Waals surface area contributed by atoms with Crippen LogP contribution < -0.4 is 0 Å². The average Bonchev–Trinajstić information content (AvgIpc) is 2.20. The summed E-state index contributed by atoms with van der Waals surface area (Å²) in [4.78, 5) is 0. The molecule has 0 saturated carbocycles. The first-order valence-electron chi connectivity index (χ1n) is 5.04. The molecule has 0 fully saturated rings. The Morgan fingerprint density at radius 3 is 2.27 bits per heavy atom. The zero-order valence-electron chi connectivity index (χ0n) is 8.99. The Bertz CT molecular complexity index is 486. The van der Waals surface area contributed by atoms with E-state index in [0.717, 1.165) is 11.1 Å². The van der Waals surface area contributed by atoms with Gasteiger partial charge in [0.15, 0.2) is 0 Å². The van der Waals surface area contributed by atoms with Gasteiger partial charge in [-0.3, -0.25) is 0 Å². The molecule has 76 valence electrons. The SMILES string of the molecule is Cc1ccc(-c2ccccc2O)c(C)c1. The van der Waals surface area contributed by atoms with Gasteiger partial charge in [-0.15, -0.1) is 0 Å². The summed E-state index contributed by atoms with van der Waals surface area (Å²) >= 11 is 0. The second kappa shape index (κ2) is 3.77. The summed E-state index contributed by atoms with van der Waals surface area (Å²) in [7, 11) is 0. The molecule has 2 aromatic carbocycles. The van der Waals surface area contributed by atoms with Crippen molar-refractivity contribution in [1.29, 1.82) is 0 Å². The van der Waals surface area contributed by atoms with Crippen LogP contribution in [-0.2, 0) is 0 Å². The molecule has 0 radical (unpaired) electrons. The Kier molecular flexibility index (Phi) is 2.46. The summed E-state index contributed by atoms with van der Waals surface area (Å²) in [5, 5.41) is 9.76. The first kappa shape index (κ1) is 9.78. The standard InChI is InChI=1S/C14H14O/c1-10-7-8-12(11(2)9-10)13-5-3-4-6-14(13)15/h3-9,15H,1-2H3. The van der Waals surface area contributed by atoms with E-state index in [4.69, 9.17) is 0 Å². The van der Waals surface area contributed by atoms with Gasteiger partial charge in [-0.2, -0.15) is 0 Å². The molecule has 2 rings (SSSR count). The normalized spacial score (nSPS) is 10.3. The van der Waals surface area contributed by atoms with Crippen molar-refractivity contribution in [3.63, 3.8) is 0 Å². The summed E-state index contributed by atoms with van der Waals surface area (Å²) in [5.74, 6) is 0.337. The van der Waals surface area contributed by atoms with Crippen molar-refractivity contribution in [2.45, 2.75) is 13.8 Å². The van der Waals surface area contributed by atoms with E-state index in [9.17, 15) is 5.11 Å². The number of hydrogen-bond acceptors (Lipinski definition) is 1. The van der Waals surface area contributed by atoms with Gasteiger partial charge in [0.1, 0.15) is 5.75 Å². The van der Waals surface area contributed by atoms with Crippen LogP contribution in [0.5, 0.6) is 5.75 Å². The van der Waals surface area contributed by atoms with Gasteiger partial charge in [-0.05, 0) is 31.0 Å². The minimum absolute atomic E-state index is 0.337. The van der Waals surface area contributed by atoms with E-state index in [0.29, 0.717) is 5.75 Å². The Labute approximate surface area is 90.0 Å². The molecule has 0 heterocycles. The third-order valence-electron chi connectivity index (χ3n) is 2.58. The monoisotopic (exact) mass is 198 g/mol. The molecule has 1 N–H and O–H groups in total. The number of phenols is 1. The van der Waals surface area contributed by atoms with Crippen molar-refractivity contribution < 1.29 is 5.11 Å². The van der Waals surface area contributed by atoms with Crippen LogP contribution in [0.3, 0.4) is 0 Å². The second-order valence-corrected chi connectivity index (χ2v) is 3.84. The van der Waals surface area contributed by atoms with E-state index in [1.807, 2.05) is 18.2 Å². The topological polar surface area (TPSA) is 20.2 Å². The molecule has 0 aromatic heterocycles. The number of phenolic OH excluding ortho intramolecular Hbond substituents is 1. The van der Waals surface area contributed by atoms with Crippen molar-refractivity contribution in [2.24, 2.45) is 0 Å². The number of aryl methyl sites for hydroxylation is 2. The van der Waals surface area contributed by atoms with Crippen LogP contribution in [0.25, 0.3) is 11.1 Å². The number of para-hydroxylation sites is 1. The van der Waals surface area contributed by atoms with Gasteiger partial charge >= 0.3 is 0 Å². The van der Waals surface area contributed by atoms with Crippen molar-refractivity contribution in [3.05, 3.63) is 53.6 Å². The lowest BCUT2D eigenvalue weighted by Crippen LogP contribution is -1.84. The molecule has 0 aliphatic rings. The fourth-order valence-electron chi connectivity index (χ4n) is 1.82. The van der Waals surface area contributed by atoms with Crippen LogP contribution in [0.4, 0.5) is 0 Å². The van der Waals surface area contributed by atoms with Gasteiger partial charge in [0.2, 0.25) is 0 Å². The molecular weight excluding hydrogens is 184 g/mol. The Balaban J connectivity index is 2.60. The van der Waals surface area contributed by atoms with E-state index in [2.05, 4.69) is 32.0 Å². The predicted octanol–water partition coefficient (Wildman–Crippen LogP) is 3.68. The molecule has 0 spiro atoms. The first-order valence-corrected chi connectivity index (χ1v) is 5.04. The zero-order chi connectivity index (χ0) is 10.8. The summed E-state index contributed by atoms with van der Waals surface area (Å²) < 4.78 is 0. The molecule has 0 atom stereocenters. The molecular formula is C14H14O. The molecule has 15 heavy (non-hydrogen) atoms. The molecule has 0 amide bonds. The van der Waals surface area contributed by atoms with Crippen molar-refractivity contribution in [1.82, 2.24) is 0 Å². The van der Waals surface area contributed by atoms with Gasteiger partial charge in [0.05, 0.1) is 0 Å². The summed E-state index contributed by atoms with van der Waals surface area (Å²) in [6.07, 6.45) is 0. The van der Waals surface area contributed by atoms with Crippen LogP contribution in [0.15, 0.2) is 42.5 Å². The summed E-state index contributed by atoms with van der Waals surface area (Å²) in [6.45, 7) is 4.14. The van der Waals surface area contributed by atoms with E-state index in [-0.39, 0.29) is 0 Å². The quantitative estimate of drug-likeness (QED) is 0.741. The molecule has 1 nitrogen and oxygen atoms in total. The summed E-state index contributed by atoms with van der Waals surface area (Å²) in [6, 6.07) is 13.7. The van der Waals surface area contributed by atoms with Crippen molar-refractivity contribution in [2.75, 3.05) is 0 Å². The highest BCUT2D eigenvalue weighted by Gasteiger charge is 2.05. The maximum atomic E-state index is 9.76. The Hall–Kier alpha value is -1.76. The maximum absolute atomic E-state index is 9.76. The predicted molar refractivity (Wildman–Crippen MR) is 63.0 cm³/mol. The largest absolute Gasteiger partial charge is 0.507 e. The molecule has 1 heteroatoms. The smallest absolute Gasteiger partial charge is 0.123 e. The highest BCUT2D eigenvalue weighted by molar-refractivity contribution is 5.73. The van der Waals surface area contributed by atoms with E-state index < -0.39 is 0 Å². The maximum Gasteiger partial charge on any atom is 0.123 e. The fraction of sp³-hybridized carbons (Fsp3) is 0.143. The van der Waals surface area contributed by atoms with E-state index >= 15 is 0 Å². The minimum atomic E-state index is 0.337. The van der Waals surface area contributed by atoms with Gasteiger partial charge < -0.3 is 5.11 Å². The fourth-order valence-corrected chi connectivity index (χ4v) is 1.82. The van der Waals surface area contributed by atoms with Gasteiger partial charge in [0, 0.05) is 5.56 Å². The molecule has 0 aliphatic heterocycles. The Morgan fingerprint density at radius 2 is 1.60 bits per heavy atom. The van der Waals surface area contributed by atoms with Crippen LogP contribution in [0, 0.1) is 13.8 Å². The van der Waals surface area contributed by atoms with E-state index in [1.165, 1.54) is 11.1 Å². The third-order valence-corrected chi connectivity index (χ3v) is 2.58. The lowest BCUT2D eigenvalue weighted by atomic mass is 9.98. The van der Waals surface area contributed by atoms with Crippen molar-refractivity contribution >= 4 is 0 Å². The molecule has 0 unspecified atom stereocenters. The van der Waals surface area contributed by atoms with Gasteiger partial charge in [-0.1, -0.05) is 42.0 Å². The number of rotatable bonds is 1. The second-order valence-electron chi connectivity index (χ2n) is 3.84. The third kappa shape index (κ3) is 1.86. The highest BCUT2D eigenvalue weighted by atomic mass is 16.3. The van der Waals surface area contributed by atoms with Crippen LogP contribution in [0.1, 0.15) is 11.1 Å².